The van der Waals surface area contributed by atoms with E-state index in [1.807, 2.05) is 6.92 Å². The van der Waals surface area contributed by atoms with Crippen molar-refractivity contribution in [1.82, 2.24) is 0 Å². The van der Waals surface area contributed by atoms with Gasteiger partial charge >= 0.3 is 0 Å². The Hall–Kier alpha value is -0.580. The van der Waals surface area contributed by atoms with E-state index in [9.17, 15) is 0 Å². The van der Waals surface area contributed by atoms with Crippen molar-refractivity contribution in [3.8, 4) is 0 Å². The van der Waals surface area contributed by atoms with Crippen molar-refractivity contribution < 1.29 is 9.47 Å². The van der Waals surface area contributed by atoms with Crippen molar-refractivity contribution in [1.29, 1.82) is 0 Å². The van der Waals surface area contributed by atoms with Crippen molar-refractivity contribution in [3.63, 3.8) is 0 Å². The highest BCUT2D eigenvalue weighted by Gasteiger charge is 2.38. The molecule has 2 atom stereocenters. The van der Waals surface area contributed by atoms with Gasteiger partial charge in [-0.25, -0.2) is 9.98 Å². The molecule has 5 heteroatoms. The van der Waals surface area contributed by atoms with Crippen molar-refractivity contribution >= 4 is 27.7 Å². The molecule has 1 rings (SSSR count). The topological polar surface area (TPSA) is 43.2 Å². The second-order valence-corrected chi connectivity index (χ2v) is 4.95. The average molecular weight is 291 g/mol. The van der Waals surface area contributed by atoms with Gasteiger partial charge in [-0.15, -0.1) is 0 Å². The fourth-order valence-corrected chi connectivity index (χ4v) is 2.00. The number of halogens is 1. The lowest BCUT2D eigenvalue weighted by atomic mass is 9.99. The highest BCUT2D eigenvalue weighted by molar-refractivity contribution is 9.09. The first-order valence-corrected chi connectivity index (χ1v) is 6.42. The third kappa shape index (κ3) is 2.39. The van der Waals surface area contributed by atoms with E-state index in [0.29, 0.717) is 23.0 Å². The molecule has 0 fully saturated rings. The molecule has 0 spiro atoms. The van der Waals surface area contributed by atoms with Crippen LogP contribution in [-0.2, 0) is 9.47 Å². The summed E-state index contributed by atoms with van der Waals surface area (Å²) in [6, 6.07) is -0.0490. The van der Waals surface area contributed by atoms with E-state index < -0.39 is 5.54 Å². The highest BCUT2D eigenvalue weighted by Crippen LogP contribution is 2.25. The first kappa shape index (κ1) is 13.5. The standard InChI is InChI=1S/C11H19BrN2O2/c1-7(2)8-9(15-4)14-11(3,6-12)10(13-8)16-5/h7-8H,6H2,1-5H3/t8-,11-/m1/s1. The second kappa shape index (κ2) is 5.17. The summed E-state index contributed by atoms with van der Waals surface area (Å²) in [5.41, 5.74) is -0.467. The Morgan fingerprint density at radius 2 is 2.00 bits per heavy atom. The molecule has 0 unspecified atom stereocenters. The quantitative estimate of drug-likeness (QED) is 0.732. The van der Waals surface area contributed by atoms with E-state index in [-0.39, 0.29) is 6.04 Å². The number of methoxy groups -OCH3 is 2. The third-order valence-electron chi connectivity index (χ3n) is 2.62. The van der Waals surface area contributed by atoms with Gasteiger partial charge in [-0.1, -0.05) is 29.8 Å². The van der Waals surface area contributed by atoms with Gasteiger partial charge in [-0.2, -0.15) is 0 Å². The Labute approximate surface area is 105 Å². The van der Waals surface area contributed by atoms with Crippen LogP contribution in [0.3, 0.4) is 0 Å². The SMILES string of the molecule is COC1=N[C@](C)(CBr)C(OC)=N[C@@H]1C(C)C. The molecule has 16 heavy (non-hydrogen) atoms. The summed E-state index contributed by atoms with van der Waals surface area (Å²) in [6.07, 6.45) is 0. The molecule has 0 N–H and O–H groups in total. The fraction of sp³-hybridized carbons (Fsp3) is 0.818. The minimum absolute atomic E-state index is 0.0490. The largest absolute Gasteiger partial charge is 0.483 e. The summed E-state index contributed by atoms with van der Waals surface area (Å²) in [5, 5.41) is 0.657. The van der Waals surface area contributed by atoms with Gasteiger partial charge in [-0.05, 0) is 12.8 Å². The van der Waals surface area contributed by atoms with Crippen LogP contribution in [0, 0.1) is 5.92 Å². The van der Waals surface area contributed by atoms with Gasteiger partial charge in [0.05, 0.1) is 14.2 Å². The molecule has 4 nitrogen and oxygen atoms in total. The molecular weight excluding hydrogens is 272 g/mol. The molecule has 1 aliphatic rings. The lowest BCUT2D eigenvalue weighted by Crippen LogP contribution is -2.45. The Kier molecular flexibility index (Phi) is 4.35. The summed E-state index contributed by atoms with van der Waals surface area (Å²) < 4.78 is 10.6. The Balaban J connectivity index is 3.12. The number of rotatable bonds is 2. The Morgan fingerprint density at radius 1 is 1.38 bits per heavy atom. The van der Waals surface area contributed by atoms with Gasteiger partial charge in [0.25, 0.3) is 0 Å². The van der Waals surface area contributed by atoms with E-state index in [4.69, 9.17) is 9.47 Å². The Morgan fingerprint density at radius 3 is 2.38 bits per heavy atom. The zero-order valence-corrected chi connectivity index (χ0v) is 12.0. The van der Waals surface area contributed by atoms with Gasteiger partial charge in [0.2, 0.25) is 11.8 Å². The van der Waals surface area contributed by atoms with Crippen LogP contribution in [-0.4, -0.2) is 42.9 Å². The molecule has 1 heterocycles. The normalized spacial score (nSPS) is 29.8. The zero-order chi connectivity index (χ0) is 12.3. The van der Waals surface area contributed by atoms with Crippen LogP contribution >= 0.6 is 15.9 Å². The highest BCUT2D eigenvalue weighted by atomic mass is 79.9. The first-order chi connectivity index (χ1) is 7.48. The zero-order valence-electron chi connectivity index (χ0n) is 10.5. The van der Waals surface area contributed by atoms with E-state index >= 15 is 0 Å². The molecule has 1 aliphatic heterocycles. The summed E-state index contributed by atoms with van der Waals surface area (Å²) >= 11 is 3.44. The van der Waals surface area contributed by atoms with E-state index in [1.54, 1.807) is 14.2 Å². The minimum atomic E-state index is -0.467. The number of aliphatic imine (C=N–C) groups is 2. The summed E-state index contributed by atoms with van der Waals surface area (Å²) in [4.78, 5) is 9.18. The van der Waals surface area contributed by atoms with Crippen LogP contribution in [0.4, 0.5) is 0 Å². The molecule has 0 saturated heterocycles. The lowest BCUT2D eigenvalue weighted by Gasteiger charge is -2.32. The van der Waals surface area contributed by atoms with Crippen LogP contribution in [0.15, 0.2) is 9.98 Å². The van der Waals surface area contributed by atoms with Gasteiger partial charge in [0, 0.05) is 5.33 Å². The van der Waals surface area contributed by atoms with Crippen LogP contribution in [0.25, 0.3) is 0 Å². The fourth-order valence-electron chi connectivity index (χ4n) is 1.64. The van der Waals surface area contributed by atoms with Crippen LogP contribution in [0.1, 0.15) is 20.8 Å². The number of alkyl halides is 1. The van der Waals surface area contributed by atoms with Crippen LogP contribution in [0.2, 0.25) is 0 Å². The molecule has 0 saturated carbocycles. The van der Waals surface area contributed by atoms with Crippen LogP contribution < -0.4 is 0 Å². The summed E-state index contributed by atoms with van der Waals surface area (Å²) in [5.74, 6) is 1.67. The number of nitrogens with zero attached hydrogens (tertiary/aromatic N) is 2. The van der Waals surface area contributed by atoms with Gasteiger partial charge in [0.1, 0.15) is 11.6 Å². The summed E-state index contributed by atoms with van der Waals surface area (Å²) in [7, 11) is 3.26. The number of ether oxygens (including phenoxy) is 2. The third-order valence-corrected chi connectivity index (χ3v) is 3.71. The second-order valence-electron chi connectivity index (χ2n) is 4.39. The maximum absolute atomic E-state index is 5.33. The predicted octanol–water partition coefficient (Wildman–Crippen LogP) is 2.27. The number of hydrogen-bond donors (Lipinski definition) is 0. The monoisotopic (exact) mass is 290 g/mol. The molecule has 0 aliphatic carbocycles. The van der Waals surface area contributed by atoms with Crippen molar-refractivity contribution in [3.05, 3.63) is 0 Å². The molecule has 0 radical (unpaired) electrons. The molecule has 0 aromatic rings. The minimum Gasteiger partial charge on any atom is -0.483 e. The average Bonchev–Trinajstić information content (AvgIpc) is 2.28. The maximum Gasteiger partial charge on any atom is 0.213 e. The van der Waals surface area contributed by atoms with Gasteiger partial charge < -0.3 is 9.47 Å². The summed E-state index contributed by atoms with van der Waals surface area (Å²) in [6.45, 7) is 6.15. The first-order valence-electron chi connectivity index (χ1n) is 5.30. The molecular formula is C11H19BrN2O2. The van der Waals surface area contributed by atoms with Crippen molar-refractivity contribution in [2.45, 2.75) is 32.4 Å². The van der Waals surface area contributed by atoms with Crippen LogP contribution in [0.5, 0.6) is 0 Å². The van der Waals surface area contributed by atoms with E-state index in [1.165, 1.54) is 0 Å². The van der Waals surface area contributed by atoms with E-state index in [2.05, 4.69) is 39.8 Å². The van der Waals surface area contributed by atoms with Gasteiger partial charge in [-0.3, -0.25) is 0 Å². The molecule has 92 valence electrons. The molecule has 0 aromatic heterocycles. The van der Waals surface area contributed by atoms with E-state index in [0.717, 1.165) is 0 Å². The Bertz CT molecular complexity index is 315. The van der Waals surface area contributed by atoms with Gasteiger partial charge in [0.15, 0.2) is 0 Å². The number of hydrogen-bond acceptors (Lipinski definition) is 4. The van der Waals surface area contributed by atoms with Crippen molar-refractivity contribution in [2.75, 3.05) is 19.5 Å². The molecule has 0 bridgehead atoms. The van der Waals surface area contributed by atoms with Crippen molar-refractivity contribution in [2.24, 2.45) is 15.9 Å². The lowest BCUT2D eigenvalue weighted by molar-refractivity contribution is 0.318. The molecule has 0 amide bonds. The maximum atomic E-state index is 5.33. The predicted molar refractivity (Wildman–Crippen MR) is 69.7 cm³/mol. The molecule has 0 aromatic carbocycles. The smallest absolute Gasteiger partial charge is 0.213 e.